The molecule has 0 spiro atoms. The highest BCUT2D eigenvalue weighted by Gasteiger charge is 2.19. The number of ether oxygens (including phenoxy) is 1. The van der Waals surface area contributed by atoms with E-state index in [4.69, 9.17) is 4.74 Å². The molecule has 31 heavy (non-hydrogen) atoms. The number of benzene rings is 1. The van der Waals surface area contributed by atoms with Crippen LogP contribution in [0.1, 0.15) is 33.0 Å². The number of methoxy groups -OCH3 is 1. The van der Waals surface area contributed by atoms with Crippen LogP contribution in [0.4, 0.5) is 5.69 Å². The van der Waals surface area contributed by atoms with Gasteiger partial charge in [0.15, 0.2) is 0 Å². The first-order valence-electron chi connectivity index (χ1n) is 9.65. The van der Waals surface area contributed by atoms with Crippen molar-refractivity contribution in [3.8, 4) is 11.9 Å². The third-order valence-corrected chi connectivity index (χ3v) is 5.08. The normalized spacial score (nSPS) is 10.6. The van der Waals surface area contributed by atoms with Crippen LogP contribution in [0.5, 0.6) is 5.88 Å². The first kappa shape index (κ1) is 20.0. The van der Waals surface area contributed by atoms with Crippen molar-refractivity contribution in [3.63, 3.8) is 0 Å². The Morgan fingerprint density at radius 3 is 2.81 bits per heavy atom. The van der Waals surface area contributed by atoms with Gasteiger partial charge in [-0.1, -0.05) is 18.2 Å². The number of para-hydroxylation sites is 1. The van der Waals surface area contributed by atoms with E-state index in [1.807, 2.05) is 38.1 Å². The monoisotopic (exact) mass is 412 g/mol. The highest BCUT2D eigenvalue weighted by molar-refractivity contribution is 6.13. The molecule has 1 N–H and O–H groups in total. The Hall–Kier alpha value is -4.25. The minimum Gasteiger partial charge on any atom is -0.481 e. The average Bonchev–Trinajstić information content (AvgIpc) is 3.05. The van der Waals surface area contributed by atoms with E-state index < -0.39 is 0 Å². The maximum Gasteiger partial charge on any atom is 0.256 e. The number of fused-ring (bicyclic) bond motifs is 1. The standard InChI is InChI=1S/C23H20N6O2/c1-14-22(15(2)29(28-14)13-20-16(12-24)7-6-10-25-20)27-23(30)18-11-21(31-3)26-19-9-5-4-8-17(18)19/h4-11H,13H2,1-3H3,(H,27,30). The summed E-state index contributed by atoms with van der Waals surface area (Å²) in [5.74, 6) is 0.0883. The van der Waals surface area contributed by atoms with Crippen molar-refractivity contribution in [2.24, 2.45) is 0 Å². The summed E-state index contributed by atoms with van der Waals surface area (Å²) in [5, 5.41) is 17.6. The molecule has 0 aliphatic rings. The van der Waals surface area contributed by atoms with Gasteiger partial charge in [0.05, 0.1) is 53.1 Å². The minimum atomic E-state index is -0.279. The van der Waals surface area contributed by atoms with Crippen molar-refractivity contribution >= 4 is 22.5 Å². The number of hydrogen-bond acceptors (Lipinski definition) is 6. The van der Waals surface area contributed by atoms with Gasteiger partial charge in [0.1, 0.15) is 6.07 Å². The number of anilines is 1. The molecule has 4 aromatic rings. The van der Waals surface area contributed by atoms with Crippen LogP contribution in [0, 0.1) is 25.2 Å². The van der Waals surface area contributed by atoms with E-state index in [0.717, 1.165) is 11.1 Å². The van der Waals surface area contributed by atoms with Crippen LogP contribution in [0.25, 0.3) is 10.9 Å². The van der Waals surface area contributed by atoms with Gasteiger partial charge >= 0.3 is 0 Å². The van der Waals surface area contributed by atoms with Crippen LogP contribution >= 0.6 is 0 Å². The lowest BCUT2D eigenvalue weighted by molar-refractivity contribution is 0.102. The molecule has 8 heteroatoms. The summed E-state index contributed by atoms with van der Waals surface area (Å²) < 4.78 is 7.00. The molecule has 8 nitrogen and oxygen atoms in total. The van der Waals surface area contributed by atoms with Crippen molar-refractivity contribution in [3.05, 3.63) is 76.9 Å². The number of nitrogens with one attached hydrogen (secondary N) is 1. The molecule has 0 saturated heterocycles. The van der Waals surface area contributed by atoms with Gasteiger partial charge in [-0.3, -0.25) is 14.5 Å². The zero-order valence-electron chi connectivity index (χ0n) is 17.4. The summed E-state index contributed by atoms with van der Waals surface area (Å²) in [6.07, 6.45) is 1.65. The molecule has 0 fully saturated rings. The largest absolute Gasteiger partial charge is 0.481 e. The van der Waals surface area contributed by atoms with Crippen LogP contribution in [-0.2, 0) is 6.54 Å². The van der Waals surface area contributed by atoms with Gasteiger partial charge in [0, 0.05) is 17.6 Å². The lowest BCUT2D eigenvalue weighted by Crippen LogP contribution is -2.14. The van der Waals surface area contributed by atoms with Crippen LogP contribution in [0.3, 0.4) is 0 Å². The summed E-state index contributed by atoms with van der Waals surface area (Å²) in [7, 11) is 1.52. The fourth-order valence-corrected chi connectivity index (χ4v) is 3.46. The number of carbonyl (C=O) groups excluding carboxylic acids is 1. The zero-order chi connectivity index (χ0) is 22.0. The van der Waals surface area contributed by atoms with Crippen molar-refractivity contribution in [2.75, 3.05) is 12.4 Å². The third kappa shape index (κ3) is 3.81. The SMILES string of the molecule is COc1cc(C(=O)Nc2c(C)nn(Cc3ncccc3C#N)c2C)c2ccccc2n1. The summed E-state index contributed by atoms with van der Waals surface area (Å²) >= 11 is 0. The van der Waals surface area contributed by atoms with Gasteiger partial charge in [-0.05, 0) is 32.0 Å². The number of nitrogens with zero attached hydrogens (tertiary/aromatic N) is 5. The Morgan fingerprint density at radius 2 is 2.03 bits per heavy atom. The number of hydrogen-bond donors (Lipinski definition) is 1. The summed E-state index contributed by atoms with van der Waals surface area (Å²) in [4.78, 5) is 21.9. The molecule has 1 aromatic carbocycles. The van der Waals surface area contributed by atoms with E-state index >= 15 is 0 Å². The minimum absolute atomic E-state index is 0.279. The Morgan fingerprint density at radius 1 is 1.23 bits per heavy atom. The molecule has 0 atom stereocenters. The predicted molar refractivity (Wildman–Crippen MR) is 116 cm³/mol. The van der Waals surface area contributed by atoms with E-state index in [2.05, 4.69) is 26.5 Å². The first-order chi connectivity index (χ1) is 15.0. The summed E-state index contributed by atoms with van der Waals surface area (Å²) in [6.45, 7) is 4.03. The van der Waals surface area contributed by atoms with Crippen LogP contribution in [0.15, 0.2) is 48.7 Å². The van der Waals surface area contributed by atoms with Crippen molar-refractivity contribution in [2.45, 2.75) is 20.4 Å². The first-order valence-corrected chi connectivity index (χ1v) is 9.65. The Balaban J connectivity index is 1.67. The lowest BCUT2D eigenvalue weighted by Gasteiger charge is -2.10. The molecule has 0 radical (unpaired) electrons. The number of pyridine rings is 2. The molecule has 3 aromatic heterocycles. The topological polar surface area (TPSA) is 106 Å². The third-order valence-electron chi connectivity index (χ3n) is 5.08. The highest BCUT2D eigenvalue weighted by atomic mass is 16.5. The quantitative estimate of drug-likeness (QED) is 0.537. The molecule has 0 saturated carbocycles. The Kier molecular flexibility index (Phi) is 5.33. The van der Waals surface area contributed by atoms with Gasteiger partial charge in [-0.15, -0.1) is 0 Å². The fraction of sp³-hybridized carbons (Fsp3) is 0.174. The van der Waals surface area contributed by atoms with Gasteiger partial charge < -0.3 is 10.1 Å². The summed E-state index contributed by atoms with van der Waals surface area (Å²) in [5.41, 5.74) is 4.32. The smallest absolute Gasteiger partial charge is 0.256 e. The second-order valence-electron chi connectivity index (χ2n) is 7.00. The molecular weight excluding hydrogens is 392 g/mol. The molecule has 0 aliphatic carbocycles. The Bertz CT molecular complexity index is 1340. The molecular formula is C23H20N6O2. The van der Waals surface area contributed by atoms with Gasteiger partial charge in [-0.25, -0.2) is 4.98 Å². The number of amides is 1. The maximum atomic E-state index is 13.2. The fourth-order valence-electron chi connectivity index (χ4n) is 3.46. The molecule has 0 unspecified atom stereocenters. The average molecular weight is 412 g/mol. The second-order valence-corrected chi connectivity index (χ2v) is 7.00. The van der Waals surface area contributed by atoms with Gasteiger partial charge in [0.2, 0.25) is 5.88 Å². The highest BCUT2D eigenvalue weighted by Crippen LogP contribution is 2.25. The van der Waals surface area contributed by atoms with Crippen molar-refractivity contribution in [1.82, 2.24) is 19.7 Å². The van der Waals surface area contributed by atoms with E-state index in [1.54, 1.807) is 29.1 Å². The molecule has 1 amide bonds. The van der Waals surface area contributed by atoms with E-state index in [9.17, 15) is 10.1 Å². The summed E-state index contributed by atoms with van der Waals surface area (Å²) in [6, 6.07) is 14.6. The molecule has 0 aliphatic heterocycles. The van der Waals surface area contributed by atoms with Crippen molar-refractivity contribution in [1.29, 1.82) is 5.26 Å². The van der Waals surface area contributed by atoms with Crippen molar-refractivity contribution < 1.29 is 9.53 Å². The van der Waals surface area contributed by atoms with Crippen LogP contribution in [-0.4, -0.2) is 32.8 Å². The maximum absolute atomic E-state index is 13.2. The second kappa shape index (κ2) is 8.24. The number of rotatable bonds is 5. The zero-order valence-corrected chi connectivity index (χ0v) is 17.4. The van der Waals surface area contributed by atoms with E-state index in [-0.39, 0.29) is 5.91 Å². The predicted octanol–water partition coefficient (Wildman–Crippen LogP) is 3.62. The molecule has 3 heterocycles. The molecule has 0 bridgehead atoms. The van der Waals surface area contributed by atoms with Gasteiger partial charge in [0.25, 0.3) is 5.91 Å². The Labute approximate surface area is 179 Å². The van der Waals surface area contributed by atoms with E-state index in [0.29, 0.717) is 46.1 Å². The van der Waals surface area contributed by atoms with Crippen LogP contribution < -0.4 is 10.1 Å². The number of carbonyl (C=O) groups is 1. The van der Waals surface area contributed by atoms with E-state index in [1.165, 1.54) is 7.11 Å². The van der Waals surface area contributed by atoms with Gasteiger partial charge in [-0.2, -0.15) is 10.4 Å². The molecule has 154 valence electrons. The van der Waals surface area contributed by atoms with Crippen LogP contribution in [0.2, 0.25) is 0 Å². The number of aryl methyl sites for hydroxylation is 1. The molecule has 4 rings (SSSR count). The number of aromatic nitrogens is 4. The number of nitriles is 1. The lowest BCUT2D eigenvalue weighted by atomic mass is 10.1.